The van der Waals surface area contributed by atoms with Crippen molar-refractivity contribution in [2.24, 2.45) is 0 Å². The van der Waals surface area contributed by atoms with Crippen LogP contribution < -0.4 is 16.8 Å². The number of aromatic nitrogens is 5. The van der Waals surface area contributed by atoms with Gasteiger partial charge in [0.1, 0.15) is 22.7 Å². The molecule has 3 aromatic heterocycles. The molecule has 31 heavy (non-hydrogen) atoms. The molecular weight excluding hydrogens is 410 g/mol. The topological polar surface area (TPSA) is 147 Å². The molecule has 3 heterocycles. The number of pyridine rings is 1. The molecule has 0 unspecified atom stereocenters. The van der Waals surface area contributed by atoms with Gasteiger partial charge in [-0.25, -0.2) is 23.5 Å². The Morgan fingerprint density at radius 3 is 2.61 bits per heavy atom. The predicted octanol–water partition coefficient (Wildman–Crippen LogP) is 2.56. The summed E-state index contributed by atoms with van der Waals surface area (Å²) < 4.78 is 34.5. The summed E-state index contributed by atoms with van der Waals surface area (Å²) in [5.74, 6) is -2.00. The normalized spacial score (nSPS) is 10.9. The molecule has 0 saturated carbocycles. The fraction of sp³-hybridized carbons (Fsp3) is 0.105. The number of nitrogens with zero attached hydrogens (tertiary/aromatic N) is 5. The minimum atomic E-state index is -0.815. The molecule has 0 fully saturated rings. The number of benzene rings is 1. The van der Waals surface area contributed by atoms with E-state index in [1.807, 2.05) is 0 Å². The van der Waals surface area contributed by atoms with Crippen molar-refractivity contribution in [2.45, 2.75) is 6.54 Å². The zero-order valence-corrected chi connectivity index (χ0v) is 16.1. The predicted molar refractivity (Wildman–Crippen MR) is 109 cm³/mol. The molecule has 4 aromatic rings. The average Bonchev–Trinajstić information content (AvgIpc) is 3.09. The standard InChI is InChI=1S/C19H16F2N8O2/c1-31-19(30)25-14-16(22)26-18(27-17(14)23)13-11-5-10(20)6-12(21)15(11)29(28-13)8-9-3-2-4-24-7-9/h2-7H,8H2,1H3,(H,25,30)(H4,22,23,26,27). The van der Waals surface area contributed by atoms with Crippen LogP contribution in [-0.2, 0) is 11.3 Å². The van der Waals surface area contributed by atoms with Gasteiger partial charge in [-0.1, -0.05) is 6.07 Å². The lowest BCUT2D eigenvalue weighted by molar-refractivity contribution is 0.187. The molecule has 10 nitrogen and oxygen atoms in total. The number of rotatable bonds is 4. The minimum Gasteiger partial charge on any atom is -0.453 e. The van der Waals surface area contributed by atoms with Crippen LogP contribution in [0.15, 0.2) is 36.7 Å². The van der Waals surface area contributed by atoms with Gasteiger partial charge in [-0.05, 0) is 17.7 Å². The van der Waals surface area contributed by atoms with Gasteiger partial charge in [-0.2, -0.15) is 5.10 Å². The van der Waals surface area contributed by atoms with Gasteiger partial charge in [-0.15, -0.1) is 0 Å². The highest BCUT2D eigenvalue weighted by molar-refractivity contribution is 5.95. The highest BCUT2D eigenvalue weighted by Crippen LogP contribution is 2.32. The van der Waals surface area contributed by atoms with Gasteiger partial charge in [0.25, 0.3) is 0 Å². The number of ether oxygens (including phenoxy) is 1. The molecular formula is C19H16F2N8O2. The molecule has 0 atom stereocenters. The molecule has 0 bridgehead atoms. The van der Waals surface area contributed by atoms with E-state index in [4.69, 9.17) is 11.5 Å². The van der Waals surface area contributed by atoms with E-state index in [2.05, 4.69) is 30.1 Å². The molecule has 1 amide bonds. The molecule has 0 radical (unpaired) electrons. The Balaban J connectivity index is 1.87. The van der Waals surface area contributed by atoms with Gasteiger partial charge < -0.3 is 16.2 Å². The van der Waals surface area contributed by atoms with Crippen LogP contribution in [0.5, 0.6) is 0 Å². The fourth-order valence-electron chi connectivity index (χ4n) is 3.06. The number of hydrogen-bond acceptors (Lipinski definition) is 8. The van der Waals surface area contributed by atoms with Crippen LogP contribution >= 0.6 is 0 Å². The van der Waals surface area contributed by atoms with Crippen molar-refractivity contribution in [1.29, 1.82) is 0 Å². The summed E-state index contributed by atoms with van der Waals surface area (Å²) in [6.07, 6.45) is 2.40. The molecule has 0 aliphatic heterocycles. The molecule has 4 rings (SSSR count). The van der Waals surface area contributed by atoms with Gasteiger partial charge in [-0.3, -0.25) is 15.0 Å². The first-order valence-electron chi connectivity index (χ1n) is 8.90. The lowest BCUT2D eigenvalue weighted by atomic mass is 10.2. The van der Waals surface area contributed by atoms with Crippen LogP contribution in [0.4, 0.5) is 30.9 Å². The second-order valence-electron chi connectivity index (χ2n) is 6.46. The Morgan fingerprint density at radius 1 is 1.23 bits per heavy atom. The second-order valence-corrected chi connectivity index (χ2v) is 6.46. The molecule has 12 heteroatoms. The molecule has 0 saturated heterocycles. The van der Waals surface area contributed by atoms with Gasteiger partial charge in [0, 0.05) is 23.8 Å². The maximum absolute atomic E-state index is 14.7. The lowest BCUT2D eigenvalue weighted by Gasteiger charge is -2.10. The number of fused-ring (bicyclic) bond motifs is 1. The maximum Gasteiger partial charge on any atom is 0.411 e. The van der Waals surface area contributed by atoms with E-state index in [9.17, 15) is 13.6 Å². The van der Waals surface area contributed by atoms with Crippen LogP contribution in [0.2, 0.25) is 0 Å². The van der Waals surface area contributed by atoms with Crippen molar-refractivity contribution >= 4 is 34.3 Å². The summed E-state index contributed by atoms with van der Waals surface area (Å²) in [5, 5.41) is 6.82. The summed E-state index contributed by atoms with van der Waals surface area (Å²) in [4.78, 5) is 23.7. The first kappa shape index (κ1) is 19.9. The molecule has 0 aliphatic rings. The number of amides is 1. The van der Waals surface area contributed by atoms with Crippen molar-refractivity contribution in [3.8, 4) is 11.5 Å². The van der Waals surface area contributed by atoms with Crippen molar-refractivity contribution < 1.29 is 18.3 Å². The van der Waals surface area contributed by atoms with E-state index in [-0.39, 0.29) is 46.3 Å². The van der Waals surface area contributed by atoms with Crippen molar-refractivity contribution in [1.82, 2.24) is 24.7 Å². The summed E-state index contributed by atoms with van der Waals surface area (Å²) in [6, 6.07) is 5.41. The number of hydrogen-bond donors (Lipinski definition) is 3. The Kier molecular flexibility index (Phi) is 5.03. The Bertz CT molecular complexity index is 1270. The van der Waals surface area contributed by atoms with E-state index in [0.29, 0.717) is 0 Å². The number of nitrogens with one attached hydrogen (secondary N) is 1. The van der Waals surface area contributed by atoms with E-state index >= 15 is 0 Å². The van der Waals surface area contributed by atoms with Gasteiger partial charge in [0.05, 0.1) is 13.7 Å². The average molecular weight is 426 g/mol. The van der Waals surface area contributed by atoms with E-state index in [0.717, 1.165) is 17.7 Å². The highest BCUT2D eigenvalue weighted by atomic mass is 19.1. The number of nitrogens with two attached hydrogens (primary N) is 2. The van der Waals surface area contributed by atoms with Crippen LogP contribution in [0.3, 0.4) is 0 Å². The van der Waals surface area contributed by atoms with E-state index < -0.39 is 17.7 Å². The Hall–Kier alpha value is -4.35. The summed E-state index contributed by atoms with van der Waals surface area (Å²) >= 11 is 0. The molecule has 0 aliphatic carbocycles. The molecule has 0 spiro atoms. The number of carbonyl (C=O) groups is 1. The van der Waals surface area contributed by atoms with Gasteiger partial charge in [0.2, 0.25) is 0 Å². The van der Waals surface area contributed by atoms with Gasteiger partial charge in [0.15, 0.2) is 23.3 Å². The zero-order chi connectivity index (χ0) is 22.1. The summed E-state index contributed by atoms with van der Waals surface area (Å²) in [6.45, 7) is 0.167. The van der Waals surface area contributed by atoms with Crippen molar-refractivity contribution in [2.75, 3.05) is 23.9 Å². The lowest BCUT2D eigenvalue weighted by Crippen LogP contribution is -2.16. The third-order valence-corrected chi connectivity index (χ3v) is 4.41. The smallest absolute Gasteiger partial charge is 0.411 e. The molecule has 158 valence electrons. The first-order chi connectivity index (χ1) is 14.9. The van der Waals surface area contributed by atoms with Gasteiger partial charge >= 0.3 is 6.09 Å². The van der Waals surface area contributed by atoms with Crippen LogP contribution in [-0.4, -0.2) is 37.9 Å². The minimum absolute atomic E-state index is 0.0490. The SMILES string of the molecule is COC(=O)Nc1c(N)nc(-c2nn(Cc3cccnc3)c3c(F)cc(F)cc23)nc1N. The van der Waals surface area contributed by atoms with Crippen molar-refractivity contribution in [3.05, 3.63) is 53.9 Å². The number of nitrogen functional groups attached to an aromatic ring is 2. The van der Waals surface area contributed by atoms with E-state index in [1.165, 1.54) is 11.8 Å². The Morgan fingerprint density at radius 2 is 1.97 bits per heavy atom. The maximum atomic E-state index is 14.7. The second kappa shape index (κ2) is 7.82. The van der Waals surface area contributed by atoms with Crippen molar-refractivity contribution in [3.63, 3.8) is 0 Å². The zero-order valence-electron chi connectivity index (χ0n) is 16.1. The quantitative estimate of drug-likeness (QED) is 0.451. The number of carbonyl (C=O) groups excluding carboxylic acids is 1. The van der Waals surface area contributed by atoms with E-state index in [1.54, 1.807) is 24.5 Å². The summed E-state index contributed by atoms with van der Waals surface area (Å²) in [7, 11) is 1.17. The van der Waals surface area contributed by atoms with Crippen LogP contribution in [0.25, 0.3) is 22.4 Å². The third-order valence-electron chi connectivity index (χ3n) is 4.41. The number of halogens is 2. The first-order valence-corrected chi connectivity index (χ1v) is 8.90. The monoisotopic (exact) mass is 426 g/mol. The number of methoxy groups -OCH3 is 1. The molecule has 5 N–H and O–H groups in total. The number of anilines is 3. The third kappa shape index (κ3) is 3.77. The van der Waals surface area contributed by atoms with Crippen LogP contribution in [0, 0.1) is 11.6 Å². The molecule has 1 aromatic carbocycles. The fourth-order valence-corrected chi connectivity index (χ4v) is 3.06. The summed E-state index contributed by atoms with van der Waals surface area (Å²) in [5.41, 5.74) is 12.6. The largest absolute Gasteiger partial charge is 0.453 e. The van der Waals surface area contributed by atoms with Crippen LogP contribution in [0.1, 0.15) is 5.56 Å². The Labute approximate surface area is 173 Å². The highest BCUT2D eigenvalue weighted by Gasteiger charge is 2.22.